The molecule has 0 unspecified atom stereocenters. The monoisotopic (exact) mass is 328 g/mol. The molecule has 0 amide bonds. The molecule has 5 atom stereocenters. The Morgan fingerprint density at radius 2 is 2.04 bits per heavy atom. The lowest BCUT2D eigenvalue weighted by molar-refractivity contribution is -0.255. The van der Waals surface area contributed by atoms with Crippen molar-refractivity contribution < 1.29 is 24.1 Å². The van der Waals surface area contributed by atoms with E-state index in [1.54, 1.807) is 0 Å². The summed E-state index contributed by atoms with van der Waals surface area (Å²) in [5.74, 6) is -0.154. The van der Waals surface area contributed by atoms with Crippen LogP contribution in [0.5, 0.6) is 0 Å². The van der Waals surface area contributed by atoms with Crippen LogP contribution in [-0.2, 0) is 19.0 Å². The number of rotatable bonds is 6. The molecule has 0 aromatic heterocycles. The summed E-state index contributed by atoms with van der Waals surface area (Å²) in [5.41, 5.74) is -0.465. The average molecular weight is 328 g/mol. The van der Waals surface area contributed by atoms with E-state index in [-0.39, 0.29) is 30.4 Å². The average Bonchev–Trinajstić information content (AvgIpc) is 2.39. The van der Waals surface area contributed by atoms with Gasteiger partial charge in [0.2, 0.25) is 0 Å². The van der Waals surface area contributed by atoms with Crippen molar-refractivity contribution in [3.05, 3.63) is 12.2 Å². The van der Waals surface area contributed by atoms with Crippen molar-refractivity contribution in [1.82, 2.24) is 0 Å². The van der Waals surface area contributed by atoms with Gasteiger partial charge in [0, 0.05) is 12.0 Å². The number of esters is 1. The number of aliphatic hydroxyl groups is 1. The van der Waals surface area contributed by atoms with E-state index in [4.69, 9.17) is 14.2 Å². The van der Waals surface area contributed by atoms with Crippen LogP contribution in [0, 0.1) is 5.92 Å². The molecule has 5 nitrogen and oxygen atoms in total. The molecule has 1 N–H and O–H groups in total. The molecule has 134 valence electrons. The van der Waals surface area contributed by atoms with Crippen molar-refractivity contribution in [3.8, 4) is 0 Å². The molecule has 1 aliphatic rings. The minimum atomic E-state index is -0.465. The Hall–Kier alpha value is -0.910. The summed E-state index contributed by atoms with van der Waals surface area (Å²) in [6, 6.07) is 0. The minimum absolute atomic E-state index is 0.0215. The normalized spacial score (nSPS) is 30.4. The number of hydrogen-bond donors (Lipinski definition) is 1. The molecule has 1 aliphatic heterocycles. The molecular formula is C18H32O5. The van der Waals surface area contributed by atoms with Gasteiger partial charge in [0.1, 0.15) is 5.60 Å². The molecule has 0 saturated carbocycles. The highest BCUT2D eigenvalue weighted by atomic mass is 16.7. The highest BCUT2D eigenvalue weighted by Gasteiger charge is 2.33. The molecule has 23 heavy (non-hydrogen) atoms. The number of carbonyl (C=O) groups excluding carboxylic acids is 1. The third-order valence-corrected chi connectivity index (χ3v) is 3.74. The Kier molecular flexibility index (Phi) is 7.71. The van der Waals surface area contributed by atoms with Crippen LogP contribution in [0.1, 0.15) is 60.8 Å². The third kappa shape index (κ3) is 7.95. The maximum absolute atomic E-state index is 11.5. The maximum Gasteiger partial charge on any atom is 0.330 e. The number of carbonyl (C=O) groups is 1. The first kappa shape index (κ1) is 20.1. The third-order valence-electron chi connectivity index (χ3n) is 3.74. The van der Waals surface area contributed by atoms with E-state index >= 15 is 0 Å². The Bertz CT molecular complexity index is 399. The van der Waals surface area contributed by atoms with Gasteiger partial charge in [-0.2, -0.15) is 0 Å². The minimum Gasteiger partial charge on any atom is -0.457 e. The molecule has 0 aliphatic carbocycles. The van der Waals surface area contributed by atoms with Crippen molar-refractivity contribution >= 4 is 5.97 Å². The lowest BCUT2D eigenvalue weighted by Crippen LogP contribution is -2.44. The van der Waals surface area contributed by atoms with E-state index in [0.717, 1.165) is 12.8 Å². The van der Waals surface area contributed by atoms with Crippen molar-refractivity contribution in [2.24, 2.45) is 5.92 Å². The van der Waals surface area contributed by atoms with Gasteiger partial charge < -0.3 is 19.3 Å². The molecule has 1 fully saturated rings. The summed E-state index contributed by atoms with van der Waals surface area (Å²) >= 11 is 0. The van der Waals surface area contributed by atoms with Gasteiger partial charge in [0.25, 0.3) is 0 Å². The lowest BCUT2D eigenvalue weighted by atomic mass is 9.96. The van der Waals surface area contributed by atoms with Crippen LogP contribution in [0.3, 0.4) is 0 Å². The lowest BCUT2D eigenvalue weighted by Gasteiger charge is -2.37. The fraction of sp³-hybridized carbons (Fsp3) is 0.833. The van der Waals surface area contributed by atoms with Crippen LogP contribution < -0.4 is 0 Å². The first-order valence-electron chi connectivity index (χ1n) is 8.47. The van der Waals surface area contributed by atoms with E-state index in [2.05, 4.69) is 0 Å². The molecule has 0 radical (unpaired) electrons. The van der Waals surface area contributed by atoms with Gasteiger partial charge in [-0.05, 0) is 53.9 Å². The van der Waals surface area contributed by atoms with Crippen LogP contribution >= 0.6 is 0 Å². The highest BCUT2D eigenvalue weighted by Crippen LogP contribution is 2.27. The molecule has 1 rings (SSSR count). The summed E-state index contributed by atoms with van der Waals surface area (Å²) in [6.07, 6.45) is 4.63. The van der Waals surface area contributed by atoms with E-state index < -0.39 is 11.7 Å². The van der Waals surface area contributed by atoms with Gasteiger partial charge in [-0.3, -0.25) is 0 Å². The zero-order valence-corrected chi connectivity index (χ0v) is 15.2. The zero-order valence-electron chi connectivity index (χ0n) is 15.2. The van der Waals surface area contributed by atoms with Crippen LogP contribution in [0.4, 0.5) is 0 Å². The van der Waals surface area contributed by atoms with E-state index in [0.29, 0.717) is 6.42 Å². The molecule has 0 bridgehead atoms. The number of aliphatic hydroxyl groups excluding tert-OH is 1. The van der Waals surface area contributed by atoms with E-state index in [1.165, 1.54) is 6.08 Å². The fourth-order valence-corrected chi connectivity index (χ4v) is 2.43. The van der Waals surface area contributed by atoms with Crippen LogP contribution in [-0.4, -0.2) is 41.3 Å². The highest BCUT2D eigenvalue weighted by molar-refractivity contribution is 5.82. The smallest absolute Gasteiger partial charge is 0.330 e. The largest absolute Gasteiger partial charge is 0.457 e. The Morgan fingerprint density at radius 1 is 1.39 bits per heavy atom. The zero-order chi connectivity index (χ0) is 17.6. The van der Waals surface area contributed by atoms with Crippen molar-refractivity contribution in [2.45, 2.75) is 91.0 Å². The SMILES string of the molecule is C[C@H](CC/C=C\C(=O)OC(C)(C)C)O[C@@H]1O[C@@H](C)[C@H](O)C[C@H]1C. The predicted molar refractivity (Wildman–Crippen MR) is 88.9 cm³/mol. The second kappa shape index (κ2) is 8.81. The Labute approximate surface area is 140 Å². The number of allylic oxidation sites excluding steroid dienone is 1. The standard InChI is InChI=1S/C18H32O5/c1-12-11-15(19)14(3)22-17(12)21-13(2)9-7-8-10-16(20)23-18(4,5)6/h8,10,12-15,17,19H,7,9,11H2,1-6H3/b10-8-/t12-,13-,14+,15-,17-/m1/s1. The molecule has 1 heterocycles. The topological polar surface area (TPSA) is 65.0 Å². The van der Waals surface area contributed by atoms with Gasteiger partial charge in [-0.25, -0.2) is 4.79 Å². The predicted octanol–water partition coefficient (Wildman–Crippen LogP) is 3.20. The first-order valence-corrected chi connectivity index (χ1v) is 8.47. The molecular weight excluding hydrogens is 296 g/mol. The Balaban J connectivity index is 2.29. The molecule has 0 spiro atoms. The molecule has 5 heteroatoms. The van der Waals surface area contributed by atoms with Gasteiger partial charge in [0.05, 0.1) is 18.3 Å². The summed E-state index contributed by atoms with van der Waals surface area (Å²) in [4.78, 5) is 11.5. The van der Waals surface area contributed by atoms with Crippen LogP contribution in [0.2, 0.25) is 0 Å². The first-order chi connectivity index (χ1) is 10.6. The van der Waals surface area contributed by atoms with Gasteiger partial charge in [0.15, 0.2) is 6.29 Å². The van der Waals surface area contributed by atoms with Crippen LogP contribution in [0.15, 0.2) is 12.2 Å². The quantitative estimate of drug-likeness (QED) is 0.599. The maximum atomic E-state index is 11.5. The number of hydrogen-bond acceptors (Lipinski definition) is 5. The van der Waals surface area contributed by atoms with E-state index in [1.807, 2.05) is 47.6 Å². The van der Waals surface area contributed by atoms with Gasteiger partial charge in [-0.1, -0.05) is 13.0 Å². The van der Waals surface area contributed by atoms with Crippen molar-refractivity contribution in [1.29, 1.82) is 0 Å². The summed E-state index contributed by atoms with van der Waals surface area (Å²) in [6.45, 7) is 11.4. The Morgan fingerprint density at radius 3 is 2.65 bits per heavy atom. The number of ether oxygens (including phenoxy) is 3. The molecule has 1 saturated heterocycles. The van der Waals surface area contributed by atoms with Gasteiger partial charge in [-0.15, -0.1) is 0 Å². The van der Waals surface area contributed by atoms with Gasteiger partial charge >= 0.3 is 5.97 Å². The second-order valence-corrected chi connectivity index (χ2v) is 7.45. The van der Waals surface area contributed by atoms with Crippen LogP contribution in [0.25, 0.3) is 0 Å². The van der Waals surface area contributed by atoms with Crippen molar-refractivity contribution in [3.63, 3.8) is 0 Å². The molecule has 0 aromatic rings. The fourth-order valence-electron chi connectivity index (χ4n) is 2.43. The van der Waals surface area contributed by atoms with Crippen molar-refractivity contribution in [2.75, 3.05) is 0 Å². The summed E-state index contributed by atoms with van der Waals surface area (Å²) in [5, 5.41) is 9.77. The molecule has 0 aromatic carbocycles. The summed E-state index contributed by atoms with van der Waals surface area (Å²) < 4.78 is 16.8. The summed E-state index contributed by atoms with van der Waals surface area (Å²) in [7, 11) is 0. The van der Waals surface area contributed by atoms with E-state index in [9.17, 15) is 9.90 Å². The second-order valence-electron chi connectivity index (χ2n) is 7.45.